The number of sulfone groups is 1. The summed E-state index contributed by atoms with van der Waals surface area (Å²) in [5.74, 6) is 0.0627. The molecular weight excluding hydrogens is 290 g/mol. The molecule has 0 spiro atoms. The molecule has 1 saturated carbocycles. The number of carboxylic acid groups (broad SMARTS) is 1. The number of hydrogen-bond donors (Lipinski definition) is 1. The van der Waals surface area contributed by atoms with Crippen molar-refractivity contribution in [1.82, 2.24) is 4.90 Å². The first-order chi connectivity index (χ1) is 9.91. The summed E-state index contributed by atoms with van der Waals surface area (Å²) in [4.78, 5) is 13.2. The number of aliphatic carboxylic acids is 1. The normalized spacial score (nSPS) is 34.2. The molecule has 6 heteroatoms. The molecule has 0 amide bonds. The van der Waals surface area contributed by atoms with Crippen molar-refractivity contribution in [2.24, 2.45) is 5.92 Å². The van der Waals surface area contributed by atoms with Crippen molar-refractivity contribution >= 4 is 15.8 Å². The summed E-state index contributed by atoms with van der Waals surface area (Å²) in [6, 6.07) is 0.0193. The van der Waals surface area contributed by atoms with Gasteiger partial charge in [-0.15, -0.1) is 0 Å². The Morgan fingerprint density at radius 1 is 1.24 bits per heavy atom. The van der Waals surface area contributed by atoms with Crippen molar-refractivity contribution in [3.8, 4) is 0 Å². The summed E-state index contributed by atoms with van der Waals surface area (Å²) in [6.45, 7) is 2.73. The van der Waals surface area contributed by atoms with E-state index in [4.69, 9.17) is 5.11 Å². The largest absolute Gasteiger partial charge is 0.481 e. The predicted molar refractivity (Wildman–Crippen MR) is 82.1 cm³/mol. The molecule has 2 fully saturated rings. The Morgan fingerprint density at radius 2 is 2.00 bits per heavy atom. The van der Waals surface area contributed by atoms with Gasteiger partial charge in [-0.2, -0.15) is 0 Å². The lowest BCUT2D eigenvalue weighted by Gasteiger charge is -2.40. The molecule has 2 rings (SSSR count). The molecule has 1 heterocycles. The van der Waals surface area contributed by atoms with Crippen LogP contribution in [0.25, 0.3) is 0 Å². The zero-order valence-electron chi connectivity index (χ0n) is 12.8. The molecule has 0 aromatic heterocycles. The van der Waals surface area contributed by atoms with Gasteiger partial charge in [0.1, 0.15) is 0 Å². The summed E-state index contributed by atoms with van der Waals surface area (Å²) in [5.41, 5.74) is 0. The molecule has 0 bridgehead atoms. The Hall–Kier alpha value is -0.620. The van der Waals surface area contributed by atoms with Gasteiger partial charge >= 0.3 is 5.97 Å². The van der Waals surface area contributed by atoms with Gasteiger partial charge in [0.2, 0.25) is 0 Å². The number of nitrogens with zero attached hydrogens (tertiary/aromatic N) is 1. The standard InChI is InChI=1S/C15H27NO4S/c1-2-12-4-3-5-13(7-6-12)16-8-9-21(19,20)11-14(16)10-15(17)18/h12-14H,2-11H2,1H3,(H,17,18). The molecule has 1 aliphatic carbocycles. The lowest BCUT2D eigenvalue weighted by atomic mass is 9.97. The first kappa shape index (κ1) is 16.7. The second-order valence-electron chi connectivity index (χ2n) is 6.54. The zero-order chi connectivity index (χ0) is 15.5. The number of carboxylic acids is 1. The van der Waals surface area contributed by atoms with E-state index in [-0.39, 0.29) is 24.0 Å². The minimum absolute atomic E-state index is 0.00695. The first-order valence-electron chi connectivity index (χ1n) is 8.09. The van der Waals surface area contributed by atoms with Crippen LogP contribution in [0.4, 0.5) is 0 Å². The van der Waals surface area contributed by atoms with E-state index in [1.807, 2.05) is 0 Å². The molecule has 3 atom stereocenters. The van der Waals surface area contributed by atoms with Crippen molar-refractivity contribution in [2.75, 3.05) is 18.1 Å². The van der Waals surface area contributed by atoms with Crippen LogP contribution >= 0.6 is 0 Å². The highest BCUT2D eigenvalue weighted by molar-refractivity contribution is 7.91. The fourth-order valence-corrected chi connectivity index (χ4v) is 5.41. The molecule has 1 N–H and O–H groups in total. The molecule has 5 nitrogen and oxygen atoms in total. The average molecular weight is 317 g/mol. The van der Waals surface area contributed by atoms with Crippen LogP contribution in [0, 0.1) is 5.92 Å². The highest BCUT2D eigenvalue weighted by Crippen LogP contribution is 2.30. The summed E-state index contributed by atoms with van der Waals surface area (Å²) in [5, 5.41) is 9.07. The van der Waals surface area contributed by atoms with Gasteiger partial charge in [0.15, 0.2) is 9.84 Å². The average Bonchev–Trinajstić information content (AvgIpc) is 2.62. The first-order valence-corrected chi connectivity index (χ1v) is 9.91. The zero-order valence-corrected chi connectivity index (χ0v) is 13.6. The van der Waals surface area contributed by atoms with Crippen molar-refractivity contribution in [2.45, 2.75) is 64.0 Å². The van der Waals surface area contributed by atoms with E-state index in [9.17, 15) is 13.2 Å². The Balaban J connectivity index is 2.06. The summed E-state index contributed by atoms with van der Waals surface area (Å²) >= 11 is 0. The Bertz CT molecular complexity index is 462. The van der Waals surface area contributed by atoms with E-state index in [1.54, 1.807) is 0 Å². The minimum Gasteiger partial charge on any atom is -0.481 e. The predicted octanol–water partition coefficient (Wildman–Crippen LogP) is 1.92. The highest BCUT2D eigenvalue weighted by atomic mass is 32.2. The van der Waals surface area contributed by atoms with Crippen LogP contribution in [0.5, 0.6) is 0 Å². The van der Waals surface area contributed by atoms with Gasteiger partial charge in [-0.05, 0) is 25.2 Å². The maximum absolute atomic E-state index is 11.8. The summed E-state index contributed by atoms with van der Waals surface area (Å²) in [6.07, 6.45) is 6.91. The molecule has 3 unspecified atom stereocenters. The highest BCUT2D eigenvalue weighted by Gasteiger charge is 2.36. The van der Waals surface area contributed by atoms with Crippen LogP contribution in [0.1, 0.15) is 51.9 Å². The fraction of sp³-hybridized carbons (Fsp3) is 0.933. The fourth-order valence-electron chi connectivity index (χ4n) is 3.86. The molecule has 21 heavy (non-hydrogen) atoms. The van der Waals surface area contributed by atoms with Gasteiger partial charge < -0.3 is 5.11 Å². The Morgan fingerprint density at radius 3 is 2.67 bits per heavy atom. The van der Waals surface area contributed by atoms with E-state index >= 15 is 0 Å². The molecule has 2 aliphatic rings. The number of hydrogen-bond acceptors (Lipinski definition) is 4. The van der Waals surface area contributed by atoms with Crippen molar-refractivity contribution in [1.29, 1.82) is 0 Å². The molecule has 1 saturated heterocycles. The lowest BCUT2D eigenvalue weighted by Crippen LogP contribution is -2.53. The van der Waals surface area contributed by atoms with Gasteiger partial charge in [-0.1, -0.05) is 26.2 Å². The Labute approximate surface area is 127 Å². The molecule has 0 radical (unpaired) electrons. The summed E-state index contributed by atoms with van der Waals surface area (Å²) < 4.78 is 23.6. The Kier molecular flexibility index (Phi) is 5.66. The molecule has 0 aromatic rings. The van der Waals surface area contributed by atoms with Crippen LogP contribution < -0.4 is 0 Å². The maximum Gasteiger partial charge on any atom is 0.304 e. The van der Waals surface area contributed by atoms with Crippen LogP contribution in [0.2, 0.25) is 0 Å². The molecule has 0 aromatic carbocycles. The maximum atomic E-state index is 11.8. The molecular formula is C15H27NO4S. The quantitative estimate of drug-likeness (QED) is 0.802. The van der Waals surface area contributed by atoms with Crippen molar-refractivity contribution < 1.29 is 18.3 Å². The van der Waals surface area contributed by atoms with Crippen molar-refractivity contribution in [3.05, 3.63) is 0 Å². The number of rotatable bonds is 4. The summed E-state index contributed by atoms with van der Waals surface area (Å²) in [7, 11) is -3.08. The monoisotopic (exact) mass is 317 g/mol. The van der Waals surface area contributed by atoms with Gasteiger partial charge in [0.25, 0.3) is 0 Å². The van der Waals surface area contributed by atoms with Gasteiger partial charge in [-0.25, -0.2) is 8.42 Å². The van der Waals surface area contributed by atoms with Crippen LogP contribution in [-0.2, 0) is 14.6 Å². The third-order valence-corrected chi connectivity index (χ3v) is 6.79. The van der Waals surface area contributed by atoms with E-state index in [0.717, 1.165) is 18.8 Å². The van der Waals surface area contributed by atoms with E-state index in [2.05, 4.69) is 11.8 Å². The molecule has 122 valence electrons. The van der Waals surface area contributed by atoms with E-state index in [0.29, 0.717) is 12.6 Å². The van der Waals surface area contributed by atoms with Crippen LogP contribution in [0.15, 0.2) is 0 Å². The van der Waals surface area contributed by atoms with Gasteiger partial charge in [0.05, 0.1) is 17.9 Å². The lowest BCUT2D eigenvalue weighted by molar-refractivity contribution is -0.138. The second-order valence-corrected chi connectivity index (χ2v) is 8.77. The topological polar surface area (TPSA) is 74.7 Å². The van der Waals surface area contributed by atoms with Crippen LogP contribution in [-0.4, -0.2) is 54.5 Å². The third-order valence-electron chi connectivity index (χ3n) is 5.09. The minimum atomic E-state index is -3.08. The molecule has 1 aliphatic heterocycles. The van der Waals surface area contributed by atoms with Crippen LogP contribution in [0.3, 0.4) is 0 Å². The SMILES string of the molecule is CCC1CCCC(N2CCS(=O)(=O)CC2CC(=O)O)CC1. The van der Waals surface area contributed by atoms with Gasteiger partial charge in [-0.3, -0.25) is 9.69 Å². The van der Waals surface area contributed by atoms with Gasteiger partial charge in [0, 0.05) is 18.6 Å². The second kappa shape index (κ2) is 7.09. The van der Waals surface area contributed by atoms with E-state index in [1.165, 1.54) is 25.7 Å². The third kappa shape index (κ3) is 4.68. The number of carbonyl (C=O) groups is 1. The smallest absolute Gasteiger partial charge is 0.304 e. The van der Waals surface area contributed by atoms with Crippen molar-refractivity contribution in [3.63, 3.8) is 0 Å². The van der Waals surface area contributed by atoms with E-state index < -0.39 is 15.8 Å².